The lowest BCUT2D eigenvalue weighted by Crippen LogP contribution is -2.49. The molecule has 3 aliphatic heterocycles. The van der Waals surface area contributed by atoms with Crippen LogP contribution in [0.25, 0.3) is 5.57 Å². The number of Topliss-reactive ketones (excluding diaryl/α,β-unsaturated/α-hetero) is 1. The molecule has 2 saturated heterocycles. The number of allylic oxidation sites excluding steroid dienone is 1. The first-order chi connectivity index (χ1) is 15.4. The van der Waals surface area contributed by atoms with E-state index in [-0.39, 0.29) is 23.6 Å². The Hall–Kier alpha value is -3.21. The van der Waals surface area contributed by atoms with Crippen molar-refractivity contribution in [2.45, 2.75) is 45.7 Å². The SMILES string of the molecule is CCCCN1C(=O)[C@@H]2[C@H](C1=O)[C@H]1C=C(C)c3ccccc3N1[C@H]2C(=O)c1ccc(C)cc1. The summed E-state index contributed by atoms with van der Waals surface area (Å²) in [7, 11) is 0. The van der Waals surface area contributed by atoms with E-state index >= 15 is 0 Å². The normalized spacial score (nSPS) is 26.0. The molecule has 3 heterocycles. The summed E-state index contributed by atoms with van der Waals surface area (Å²) in [5, 5.41) is 0. The average Bonchev–Trinajstić information content (AvgIpc) is 3.25. The molecule has 0 aromatic heterocycles. The lowest BCUT2D eigenvalue weighted by molar-refractivity contribution is -0.140. The molecule has 0 radical (unpaired) electrons. The Morgan fingerprint density at radius 3 is 2.34 bits per heavy atom. The minimum atomic E-state index is -0.693. The molecule has 0 bridgehead atoms. The van der Waals surface area contributed by atoms with Crippen molar-refractivity contribution in [2.24, 2.45) is 11.8 Å². The van der Waals surface area contributed by atoms with Crippen molar-refractivity contribution in [3.8, 4) is 0 Å². The van der Waals surface area contributed by atoms with E-state index in [2.05, 4.69) is 6.08 Å². The topological polar surface area (TPSA) is 57.7 Å². The van der Waals surface area contributed by atoms with Gasteiger partial charge in [-0.2, -0.15) is 0 Å². The molecule has 32 heavy (non-hydrogen) atoms. The fourth-order valence-electron chi connectivity index (χ4n) is 5.58. The zero-order valence-corrected chi connectivity index (χ0v) is 18.7. The van der Waals surface area contributed by atoms with Crippen molar-refractivity contribution < 1.29 is 14.4 Å². The highest BCUT2D eigenvalue weighted by Crippen LogP contribution is 2.50. The molecule has 0 saturated carbocycles. The first-order valence-electron chi connectivity index (χ1n) is 11.5. The van der Waals surface area contributed by atoms with Crippen molar-refractivity contribution in [1.29, 1.82) is 0 Å². The van der Waals surface area contributed by atoms with Crippen LogP contribution in [0.5, 0.6) is 0 Å². The summed E-state index contributed by atoms with van der Waals surface area (Å²) >= 11 is 0. The number of para-hydroxylation sites is 1. The predicted octanol–water partition coefficient (Wildman–Crippen LogP) is 4.25. The van der Waals surface area contributed by atoms with E-state index in [0.717, 1.165) is 35.2 Å². The Morgan fingerprint density at radius 1 is 0.938 bits per heavy atom. The van der Waals surface area contributed by atoms with Crippen LogP contribution in [0.1, 0.15) is 48.2 Å². The predicted molar refractivity (Wildman–Crippen MR) is 124 cm³/mol. The molecule has 5 nitrogen and oxygen atoms in total. The van der Waals surface area contributed by atoms with Crippen molar-refractivity contribution in [3.05, 3.63) is 71.3 Å². The third-order valence-electron chi connectivity index (χ3n) is 7.19. The van der Waals surface area contributed by atoms with E-state index in [0.29, 0.717) is 12.1 Å². The Kier molecular flexibility index (Phi) is 5.00. The minimum Gasteiger partial charge on any atom is -0.352 e. The Labute approximate surface area is 188 Å². The van der Waals surface area contributed by atoms with Crippen molar-refractivity contribution >= 4 is 28.9 Å². The fourth-order valence-corrected chi connectivity index (χ4v) is 5.58. The first kappa shape index (κ1) is 20.7. The number of amides is 2. The number of rotatable bonds is 5. The van der Waals surface area contributed by atoms with E-state index in [1.165, 1.54) is 4.90 Å². The second kappa shape index (κ2) is 7.73. The number of aryl methyl sites for hydroxylation is 1. The third kappa shape index (κ3) is 2.94. The summed E-state index contributed by atoms with van der Waals surface area (Å²) in [5.74, 6) is -1.61. The maximum absolute atomic E-state index is 13.9. The number of anilines is 1. The second-order valence-corrected chi connectivity index (χ2v) is 9.17. The van der Waals surface area contributed by atoms with E-state index < -0.39 is 17.9 Å². The van der Waals surface area contributed by atoms with Crippen LogP contribution in [0.15, 0.2) is 54.6 Å². The summed E-state index contributed by atoms with van der Waals surface area (Å²) in [6, 6.07) is 14.5. The van der Waals surface area contributed by atoms with Crippen LogP contribution in [0.4, 0.5) is 5.69 Å². The van der Waals surface area contributed by atoms with Gasteiger partial charge in [0.2, 0.25) is 11.8 Å². The molecule has 3 aliphatic rings. The number of hydrogen-bond donors (Lipinski definition) is 0. The van der Waals surface area contributed by atoms with Gasteiger partial charge in [0.25, 0.3) is 0 Å². The number of likely N-dealkylation sites (tertiary alicyclic amines) is 1. The van der Waals surface area contributed by atoms with Gasteiger partial charge in [-0.05, 0) is 31.9 Å². The Balaban J connectivity index is 1.64. The highest BCUT2D eigenvalue weighted by molar-refractivity contribution is 6.14. The monoisotopic (exact) mass is 428 g/mol. The zero-order chi connectivity index (χ0) is 22.6. The van der Waals surface area contributed by atoms with Gasteiger partial charge in [0, 0.05) is 23.4 Å². The Bertz CT molecular complexity index is 1130. The van der Waals surface area contributed by atoms with Crippen LogP contribution in [0.3, 0.4) is 0 Å². The molecule has 2 fully saturated rings. The molecule has 2 amide bonds. The van der Waals surface area contributed by atoms with E-state index in [9.17, 15) is 14.4 Å². The summed E-state index contributed by atoms with van der Waals surface area (Å²) < 4.78 is 0. The van der Waals surface area contributed by atoms with E-state index in [4.69, 9.17) is 0 Å². The molecule has 5 rings (SSSR count). The number of carbonyl (C=O) groups excluding carboxylic acids is 3. The van der Waals surface area contributed by atoms with Gasteiger partial charge in [-0.3, -0.25) is 19.3 Å². The quantitative estimate of drug-likeness (QED) is 0.528. The molecule has 0 spiro atoms. The highest BCUT2D eigenvalue weighted by Gasteiger charge is 2.64. The number of fused-ring (bicyclic) bond motifs is 5. The van der Waals surface area contributed by atoms with Gasteiger partial charge in [-0.15, -0.1) is 0 Å². The molecule has 2 aromatic carbocycles. The highest BCUT2D eigenvalue weighted by atomic mass is 16.2. The molecular formula is C27H28N2O3. The largest absolute Gasteiger partial charge is 0.352 e. The number of hydrogen-bond acceptors (Lipinski definition) is 4. The van der Waals surface area contributed by atoms with Gasteiger partial charge in [0.1, 0.15) is 6.04 Å². The minimum absolute atomic E-state index is 0.0938. The molecule has 0 unspecified atom stereocenters. The molecule has 0 N–H and O–H groups in total. The number of benzene rings is 2. The number of nitrogens with zero attached hydrogens (tertiary/aromatic N) is 2. The molecule has 5 heteroatoms. The maximum atomic E-state index is 13.9. The molecule has 2 aromatic rings. The summed E-state index contributed by atoms with van der Waals surface area (Å²) in [6.07, 6.45) is 3.76. The average molecular weight is 429 g/mol. The lowest BCUT2D eigenvalue weighted by atomic mass is 9.85. The standard InChI is InChI=1S/C27H28N2O3/c1-4-5-14-28-26(31)22-21-15-17(3)19-8-6-7-9-20(19)29(21)24(23(22)27(28)32)25(30)18-12-10-16(2)11-13-18/h6-13,15,21-24H,4-5,14H2,1-3H3/t21-,22-,23-,24-/m1/s1. The molecule has 164 valence electrons. The summed E-state index contributed by atoms with van der Waals surface area (Å²) in [4.78, 5) is 44.3. The van der Waals surface area contributed by atoms with Gasteiger partial charge in [-0.1, -0.05) is 67.4 Å². The third-order valence-corrected chi connectivity index (χ3v) is 7.19. The first-order valence-corrected chi connectivity index (χ1v) is 11.5. The van der Waals surface area contributed by atoms with Crippen LogP contribution < -0.4 is 4.90 Å². The van der Waals surface area contributed by atoms with Gasteiger partial charge < -0.3 is 4.90 Å². The van der Waals surface area contributed by atoms with Crippen LogP contribution >= 0.6 is 0 Å². The second-order valence-electron chi connectivity index (χ2n) is 9.17. The molecular weight excluding hydrogens is 400 g/mol. The number of imide groups is 1. The number of ketones is 1. The van der Waals surface area contributed by atoms with Crippen molar-refractivity contribution in [1.82, 2.24) is 4.90 Å². The van der Waals surface area contributed by atoms with E-state index in [1.54, 1.807) is 0 Å². The van der Waals surface area contributed by atoms with Gasteiger partial charge in [-0.25, -0.2) is 0 Å². The Morgan fingerprint density at radius 2 is 1.62 bits per heavy atom. The zero-order valence-electron chi connectivity index (χ0n) is 18.7. The molecule has 4 atom stereocenters. The van der Waals surface area contributed by atoms with Crippen LogP contribution in [-0.2, 0) is 9.59 Å². The van der Waals surface area contributed by atoms with Crippen LogP contribution in [0, 0.1) is 18.8 Å². The van der Waals surface area contributed by atoms with Crippen LogP contribution in [0.2, 0.25) is 0 Å². The van der Waals surface area contributed by atoms with Crippen molar-refractivity contribution in [3.63, 3.8) is 0 Å². The molecule has 0 aliphatic carbocycles. The maximum Gasteiger partial charge on any atom is 0.235 e. The number of carbonyl (C=O) groups is 3. The van der Waals surface area contributed by atoms with Gasteiger partial charge in [0.05, 0.1) is 17.9 Å². The smallest absolute Gasteiger partial charge is 0.235 e. The summed E-state index contributed by atoms with van der Waals surface area (Å²) in [6.45, 7) is 6.49. The van der Waals surface area contributed by atoms with Crippen LogP contribution in [-0.4, -0.2) is 41.1 Å². The van der Waals surface area contributed by atoms with Gasteiger partial charge >= 0.3 is 0 Å². The van der Waals surface area contributed by atoms with Gasteiger partial charge in [0.15, 0.2) is 5.78 Å². The number of unbranched alkanes of at least 4 members (excludes halogenated alkanes) is 1. The lowest BCUT2D eigenvalue weighted by Gasteiger charge is -2.38. The summed E-state index contributed by atoms with van der Waals surface area (Å²) in [5.41, 5.74) is 4.71. The van der Waals surface area contributed by atoms with Crippen molar-refractivity contribution in [2.75, 3.05) is 11.4 Å². The fraction of sp³-hybridized carbons (Fsp3) is 0.370. The van der Waals surface area contributed by atoms with E-state index in [1.807, 2.05) is 74.2 Å².